The molecule has 0 atom stereocenters. The molecule has 0 N–H and O–H groups in total. The summed E-state index contributed by atoms with van der Waals surface area (Å²) in [5, 5.41) is 0.226. The molecule has 0 aliphatic heterocycles. The van der Waals surface area contributed by atoms with E-state index in [0.29, 0.717) is 19.0 Å². The third-order valence-corrected chi connectivity index (χ3v) is 2.65. The van der Waals surface area contributed by atoms with E-state index in [1.807, 2.05) is 32.0 Å². The lowest BCUT2D eigenvalue weighted by molar-refractivity contribution is 0.288. The number of benzene rings is 1. The Morgan fingerprint density at radius 2 is 1.79 bits per heavy atom. The number of hydrogen-bond donors (Lipinski definition) is 0. The zero-order valence-electron chi connectivity index (χ0n) is 10.9. The van der Waals surface area contributed by atoms with Gasteiger partial charge in [-0.25, -0.2) is 9.97 Å². The van der Waals surface area contributed by atoms with Crippen LogP contribution in [0.1, 0.15) is 13.8 Å². The Hall–Kier alpha value is -1.81. The number of hydrogen-bond acceptors (Lipinski definition) is 4. The first kappa shape index (κ1) is 13.6. The van der Waals surface area contributed by atoms with Crippen molar-refractivity contribution in [2.24, 2.45) is 0 Å². The fourth-order valence-electron chi connectivity index (χ4n) is 1.71. The molecule has 0 unspecified atom stereocenters. The van der Waals surface area contributed by atoms with E-state index in [0.717, 1.165) is 17.0 Å². The number of rotatable bonds is 5. The van der Waals surface area contributed by atoms with Gasteiger partial charge in [0.2, 0.25) is 5.28 Å². The van der Waals surface area contributed by atoms with Gasteiger partial charge >= 0.3 is 0 Å². The molecule has 1 aromatic heterocycles. The quantitative estimate of drug-likeness (QED) is 0.784. The van der Waals surface area contributed by atoms with Gasteiger partial charge in [0, 0.05) is 11.8 Å². The van der Waals surface area contributed by atoms with Crippen molar-refractivity contribution in [2.45, 2.75) is 13.8 Å². The Bertz CT molecular complexity index is 561. The van der Waals surface area contributed by atoms with E-state index < -0.39 is 0 Å². The Kier molecular flexibility index (Phi) is 4.58. The van der Waals surface area contributed by atoms with Crippen LogP contribution >= 0.6 is 11.6 Å². The number of aromatic nitrogens is 2. The highest BCUT2D eigenvalue weighted by atomic mass is 35.5. The number of nitrogens with zero attached hydrogens (tertiary/aromatic N) is 2. The molecule has 0 aliphatic carbocycles. The third-order valence-electron chi connectivity index (χ3n) is 2.47. The maximum atomic E-state index is 5.80. The van der Waals surface area contributed by atoms with Crippen LogP contribution in [0.25, 0.3) is 11.3 Å². The van der Waals surface area contributed by atoms with E-state index in [1.54, 1.807) is 12.3 Å². The van der Waals surface area contributed by atoms with Crippen molar-refractivity contribution in [2.75, 3.05) is 13.2 Å². The van der Waals surface area contributed by atoms with Crippen LogP contribution in [0.3, 0.4) is 0 Å². The van der Waals surface area contributed by atoms with Crippen LogP contribution in [0, 0.1) is 0 Å². The summed E-state index contributed by atoms with van der Waals surface area (Å²) in [5.41, 5.74) is 1.67. The second kappa shape index (κ2) is 6.38. The molecule has 0 spiro atoms. The zero-order chi connectivity index (χ0) is 13.7. The topological polar surface area (TPSA) is 44.2 Å². The normalized spacial score (nSPS) is 10.3. The summed E-state index contributed by atoms with van der Waals surface area (Å²) in [5.74, 6) is 1.44. The number of halogens is 1. The van der Waals surface area contributed by atoms with Gasteiger partial charge < -0.3 is 9.47 Å². The monoisotopic (exact) mass is 278 g/mol. The molecule has 100 valence electrons. The standard InChI is InChI=1S/C14H15ClN2O2/c1-3-18-12-6-5-10(9-13(12)19-4-2)11-7-8-16-14(15)17-11/h5-9H,3-4H2,1-2H3. The molecule has 0 aliphatic rings. The molecule has 0 fully saturated rings. The summed E-state index contributed by atoms with van der Waals surface area (Å²) < 4.78 is 11.1. The first-order valence-corrected chi connectivity index (χ1v) is 6.51. The molecule has 19 heavy (non-hydrogen) atoms. The van der Waals surface area contributed by atoms with Crippen LogP contribution in [-0.4, -0.2) is 23.2 Å². The van der Waals surface area contributed by atoms with Gasteiger partial charge in [0.25, 0.3) is 0 Å². The smallest absolute Gasteiger partial charge is 0.222 e. The fraction of sp³-hybridized carbons (Fsp3) is 0.286. The highest BCUT2D eigenvalue weighted by Crippen LogP contribution is 2.32. The van der Waals surface area contributed by atoms with Crippen molar-refractivity contribution in [3.63, 3.8) is 0 Å². The predicted molar refractivity (Wildman–Crippen MR) is 74.8 cm³/mol. The Morgan fingerprint density at radius 3 is 2.47 bits per heavy atom. The highest BCUT2D eigenvalue weighted by Gasteiger charge is 2.08. The van der Waals surface area contributed by atoms with E-state index in [-0.39, 0.29) is 5.28 Å². The molecule has 0 saturated carbocycles. The molecule has 1 aromatic carbocycles. The lowest BCUT2D eigenvalue weighted by Crippen LogP contribution is -1.98. The van der Waals surface area contributed by atoms with Gasteiger partial charge in [-0.05, 0) is 49.7 Å². The molecule has 4 nitrogen and oxygen atoms in total. The molecule has 2 rings (SSSR count). The summed E-state index contributed by atoms with van der Waals surface area (Å²) >= 11 is 5.80. The summed E-state index contributed by atoms with van der Waals surface area (Å²) in [7, 11) is 0. The van der Waals surface area contributed by atoms with Gasteiger partial charge in [-0.3, -0.25) is 0 Å². The van der Waals surface area contributed by atoms with E-state index in [9.17, 15) is 0 Å². The predicted octanol–water partition coefficient (Wildman–Crippen LogP) is 3.59. The van der Waals surface area contributed by atoms with E-state index in [4.69, 9.17) is 21.1 Å². The second-order valence-corrected chi connectivity index (χ2v) is 4.08. The van der Waals surface area contributed by atoms with Gasteiger partial charge in [-0.1, -0.05) is 0 Å². The van der Waals surface area contributed by atoms with Crippen LogP contribution in [-0.2, 0) is 0 Å². The van der Waals surface area contributed by atoms with Gasteiger partial charge in [-0.15, -0.1) is 0 Å². The fourth-order valence-corrected chi connectivity index (χ4v) is 1.85. The molecule has 0 amide bonds. The molecule has 2 aromatic rings. The molecule has 0 bridgehead atoms. The largest absolute Gasteiger partial charge is 0.490 e. The van der Waals surface area contributed by atoms with Crippen molar-refractivity contribution < 1.29 is 9.47 Å². The average Bonchev–Trinajstić information content (AvgIpc) is 2.41. The van der Waals surface area contributed by atoms with Crippen molar-refractivity contribution in [3.8, 4) is 22.8 Å². The molecule has 0 radical (unpaired) electrons. The van der Waals surface area contributed by atoms with Gasteiger partial charge in [-0.2, -0.15) is 0 Å². The maximum Gasteiger partial charge on any atom is 0.222 e. The van der Waals surface area contributed by atoms with Gasteiger partial charge in [0.15, 0.2) is 11.5 Å². The van der Waals surface area contributed by atoms with Crippen molar-refractivity contribution in [1.29, 1.82) is 0 Å². The highest BCUT2D eigenvalue weighted by molar-refractivity contribution is 6.28. The van der Waals surface area contributed by atoms with Crippen LogP contribution in [0.4, 0.5) is 0 Å². The Balaban J connectivity index is 2.39. The molecular weight excluding hydrogens is 264 g/mol. The van der Waals surface area contributed by atoms with Gasteiger partial charge in [0.1, 0.15) is 0 Å². The lowest BCUT2D eigenvalue weighted by Gasteiger charge is -2.12. The number of ether oxygens (including phenoxy) is 2. The average molecular weight is 279 g/mol. The van der Waals surface area contributed by atoms with Crippen LogP contribution in [0.15, 0.2) is 30.5 Å². The SMILES string of the molecule is CCOc1ccc(-c2ccnc(Cl)n2)cc1OCC. The Labute approximate surface area is 117 Å². The van der Waals surface area contributed by atoms with E-state index >= 15 is 0 Å². The summed E-state index contributed by atoms with van der Waals surface area (Å²) in [6, 6.07) is 7.50. The molecule has 0 saturated heterocycles. The van der Waals surface area contributed by atoms with Crippen molar-refractivity contribution in [1.82, 2.24) is 9.97 Å². The van der Waals surface area contributed by atoms with Crippen LogP contribution in [0.5, 0.6) is 11.5 Å². The first-order chi connectivity index (χ1) is 9.24. The van der Waals surface area contributed by atoms with Crippen molar-refractivity contribution in [3.05, 3.63) is 35.7 Å². The molecular formula is C14H15ClN2O2. The lowest BCUT2D eigenvalue weighted by atomic mass is 10.1. The molecule has 5 heteroatoms. The minimum atomic E-state index is 0.226. The minimum Gasteiger partial charge on any atom is -0.490 e. The minimum absolute atomic E-state index is 0.226. The Morgan fingerprint density at radius 1 is 1.05 bits per heavy atom. The summed E-state index contributed by atoms with van der Waals surface area (Å²) in [6.07, 6.45) is 1.63. The van der Waals surface area contributed by atoms with Crippen LogP contribution in [0.2, 0.25) is 5.28 Å². The van der Waals surface area contributed by atoms with Crippen molar-refractivity contribution >= 4 is 11.6 Å². The third kappa shape index (κ3) is 3.35. The summed E-state index contributed by atoms with van der Waals surface area (Å²) in [4.78, 5) is 8.05. The van der Waals surface area contributed by atoms with E-state index in [1.165, 1.54) is 0 Å². The molecule has 1 heterocycles. The first-order valence-electron chi connectivity index (χ1n) is 6.13. The van der Waals surface area contributed by atoms with E-state index in [2.05, 4.69) is 9.97 Å². The maximum absolute atomic E-state index is 5.80. The summed E-state index contributed by atoms with van der Waals surface area (Å²) in [6.45, 7) is 5.05. The second-order valence-electron chi connectivity index (χ2n) is 3.74. The van der Waals surface area contributed by atoms with Crippen LogP contribution < -0.4 is 9.47 Å². The van der Waals surface area contributed by atoms with Gasteiger partial charge in [0.05, 0.1) is 18.9 Å². The zero-order valence-corrected chi connectivity index (χ0v) is 11.6.